The van der Waals surface area contributed by atoms with Crippen LogP contribution in [0.1, 0.15) is 18.4 Å². The first kappa shape index (κ1) is 22.3. The van der Waals surface area contributed by atoms with Gasteiger partial charge < -0.3 is 10.2 Å². The van der Waals surface area contributed by atoms with Gasteiger partial charge in [0.15, 0.2) is 5.82 Å². The molecule has 0 unspecified atom stereocenters. The molecule has 0 bridgehead atoms. The van der Waals surface area contributed by atoms with Crippen LogP contribution in [0.5, 0.6) is 0 Å². The van der Waals surface area contributed by atoms with Crippen molar-refractivity contribution >= 4 is 16.6 Å². The summed E-state index contributed by atoms with van der Waals surface area (Å²) >= 11 is 0. The summed E-state index contributed by atoms with van der Waals surface area (Å²) in [6, 6.07) is 7.37. The van der Waals surface area contributed by atoms with Crippen LogP contribution in [-0.4, -0.2) is 56.0 Å². The first-order chi connectivity index (χ1) is 16.3. The molecule has 1 atom stereocenters. The fourth-order valence-corrected chi connectivity index (χ4v) is 4.48. The van der Waals surface area contributed by atoms with Crippen molar-refractivity contribution in [2.24, 2.45) is 7.05 Å². The van der Waals surface area contributed by atoms with Crippen molar-refractivity contribution in [1.82, 2.24) is 29.9 Å². The maximum absolute atomic E-state index is 13.5. The Balaban J connectivity index is 1.63. The van der Waals surface area contributed by atoms with E-state index >= 15 is 0 Å². The van der Waals surface area contributed by atoms with Gasteiger partial charge in [-0.15, -0.1) is 10.2 Å². The molecule has 0 aliphatic carbocycles. The summed E-state index contributed by atoms with van der Waals surface area (Å²) in [5.41, 5.74) is 1.05. The average molecular weight is 467 g/mol. The molecule has 1 N–H and O–H groups in total. The van der Waals surface area contributed by atoms with Crippen LogP contribution in [0, 0.1) is 0 Å². The molecule has 10 heteroatoms. The monoisotopic (exact) mass is 467 g/mol. The molecule has 1 aliphatic rings. The molecule has 176 valence electrons. The van der Waals surface area contributed by atoms with Crippen LogP contribution >= 0.6 is 0 Å². The van der Waals surface area contributed by atoms with Crippen LogP contribution in [0.15, 0.2) is 48.9 Å². The van der Waals surface area contributed by atoms with Gasteiger partial charge >= 0.3 is 6.18 Å². The number of rotatable bonds is 4. The molecule has 0 radical (unpaired) electrons. The number of hydrogen-bond donors (Lipinski definition) is 1. The number of likely N-dealkylation sites (N-methyl/N-ethyl adjacent to an activating group) is 1. The number of aromatic nitrogens is 5. The second-order valence-electron chi connectivity index (χ2n) is 8.70. The Morgan fingerprint density at radius 1 is 1.03 bits per heavy atom. The highest BCUT2D eigenvalue weighted by Crippen LogP contribution is 2.39. The van der Waals surface area contributed by atoms with E-state index in [0.717, 1.165) is 48.8 Å². The third kappa shape index (κ3) is 4.33. The summed E-state index contributed by atoms with van der Waals surface area (Å²) in [5.74, 6) is 0.624. The Hall–Kier alpha value is -3.53. The number of nitrogens with zero attached hydrogens (tertiary/aromatic N) is 6. The van der Waals surface area contributed by atoms with E-state index in [4.69, 9.17) is 0 Å². The van der Waals surface area contributed by atoms with Crippen molar-refractivity contribution in [1.29, 1.82) is 0 Å². The molecule has 1 aliphatic heterocycles. The van der Waals surface area contributed by atoms with Gasteiger partial charge in [0, 0.05) is 60.1 Å². The molecule has 0 amide bonds. The molecule has 7 nitrogen and oxygen atoms in total. The van der Waals surface area contributed by atoms with Gasteiger partial charge in [-0.3, -0.25) is 9.67 Å². The van der Waals surface area contributed by atoms with Gasteiger partial charge in [0.05, 0.1) is 11.3 Å². The summed E-state index contributed by atoms with van der Waals surface area (Å²) in [6.07, 6.45) is 2.71. The SMILES string of the molecule is CN1CCC[C@@H](Nc2nnc(-c3ccc(C(F)(F)F)cc3-c3ccn(C)n3)c3ccncc23)C1. The number of fused-ring (bicyclic) bond motifs is 1. The zero-order valence-electron chi connectivity index (χ0n) is 18.8. The molecule has 34 heavy (non-hydrogen) atoms. The largest absolute Gasteiger partial charge is 0.416 e. The van der Waals surface area contributed by atoms with Crippen molar-refractivity contribution in [3.05, 3.63) is 54.5 Å². The van der Waals surface area contributed by atoms with E-state index in [1.807, 2.05) is 6.07 Å². The van der Waals surface area contributed by atoms with E-state index in [1.54, 1.807) is 36.4 Å². The van der Waals surface area contributed by atoms with Crippen LogP contribution in [-0.2, 0) is 13.2 Å². The molecule has 4 aromatic rings. The number of benzene rings is 1. The van der Waals surface area contributed by atoms with Gasteiger partial charge in [-0.05, 0) is 50.7 Å². The Morgan fingerprint density at radius 3 is 2.62 bits per heavy atom. The van der Waals surface area contributed by atoms with Crippen LogP contribution in [0.25, 0.3) is 33.3 Å². The zero-order chi connectivity index (χ0) is 23.9. The van der Waals surface area contributed by atoms with Crippen LogP contribution < -0.4 is 5.32 Å². The Morgan fingerprint density at radius 2 is 1.88 bits per heavy atom. The summed E-state index contributed by atoms with van der Waals surface area (Å²) < 4.78 is 42.1. The van der Waals surface area contributed by atoms with Crippen molar-refractivity contribution in [2.75, 3.05) is 25.5 Å². The predicted molar refractivity (Wildman–Crippen MR) is 124 cm³/mol. The number of hydrogen-bond acceptors (Lipinski definition) is 6. The van der Waals surface area contributed by atoms with Crippen molar-refractivity contribution in [3.63, 3.8) is 0 Å². The lowest BCUT2D eigenvalue weighted by Gasteiger charge is -2.30. The highest BCUT2D eigenvalue weighted by atomic mass is 19.4. The third-order valence-corrected chi connectivity index (χ3v) is 6.14. The molecule has 3 aromatic heterocycles. The fourth-order valence-electron chi connectivity index (χ4n) is 4.48. The summed E-state index contributed by atoms with van der Waals surface area (Å²) in [5, 5.41) is 18.3. The highest BCUT2D eigenvalue weighted by Gasteiger charge is 2.32. The van der Waals surface area contributed by atoms with Crippen molar-refractivity contribution < 1.29 is 13.2 Å². The molecule has 1 saturated heterocycles. The third-order valence-electron chi connectivity index (χ3n) is 6.14. The van der Waals surface area contributed by atoms with E-state index < -0.39 is 11.7 Å². The highest BCUT2D eigenvalue weighted by molar-refractivity contribution is 6.02. The number of piperidine rings is 1. The topological polar surface area (TPSA) is 71.8 Å². The van der Waals surface area contributed by atoms with E-state index in [0.29, 0.717) is 28.3 Å². The Labute approximate surface area is 194 Å². The molecule has 1 aromatic carbocycles. The summed E-state index contributed by atoms with van der Waals surface area (Å²) in [7, 11) is 3.81. The van der Waals surface area contributed by atoms with Crippen molar-refractivity contribution in [2.45, 2.75) is 25.1 Å². The number of likely N-dealkylation sites (tertiary alicyclic amines) is 1. The second kappa shape index (κ2) is 8.68. The van der Waals surface area contributed by atoms with E-state index in [-0.39, 0.29) is 6.04 Å². The van der Waals surface area contributed by atoms with E-state index in [1.165, 1.54) is 6.07 Å². The van der Waals surface area contributed by atoms with Crippen LogP contribution in [0.3, 0.4) is 0 Å². The normalized spacial score (nSPS) is 17.3. The average Bonchev–Trinajstić information content (AvgIpc) is 3.24. The number of pyridine rings is 1. The van der Waals surface area contributed by atoms with E-state index in [2.05, 4.69) is 37.5 Å². The number of anilines is 1. The van der Waals surface area contributed by atoms with Gasteiger partial charge in [-0.1, -0.05) is 6.07 Å². The first-order valence-electron chi connectivity index (χ1n) is 11.1. The number of halogens is 3. The maximum Gasteiger partial charge on any atom is 0.416 e. The quantitative estimate of drug-likeness (QED) is 0.472. The summed E-state index contributed by atoms with van der Waals surface area (Å²) in [4.78, 5) is 6.53. The minimum atomic E-state index is -4.47. The lowest BCUT2D eigenvalue weighted by molar-refractivity contribution is -0.137. The zero-order valence-corrected chi connectivity index (χ0v) is 18.8. The smallest absolute Gasteiger partial charge is 0.364 e. The molecular weight excluding hydrogens is 443 g/mol. The molecule has 0 spiro atoms. The second-order valence-corrected chi connectivity index (χ2v) is 8.70. The standard InChI is InChI=1S/C24H24F3N7/c1-33-10-3-4-16(14-33)29-23-20-13-28-9-7-18(20)22(30-31-23)17-6-5-15(24(25,26)27)12-19(17)21-8-11-34(2)32-21/h5-9,11-13,16H,3-4,10,14H2,1-2H3,(H,29,31)/t16-/m1/s1. The van der Waals surface area contributed by atoms with Gasteiger partial charge in [0.25, 0.3) is 0 Å². The first-order valence-corrected chi connectivity index (χ1v) is 11.1. The number of nitrogens with one attached hydrogen (secondary N) is 1. The van der Waals surface area contributed by atoms with Gasteiger partial charge in [0.1, 0.15) is 5.69 Å². The Kier molecular flexibility index (Phi) is 5.68. The van der Waals surface area contributed by atoms with Gasteiger partial charge in [-0.25, -0.2) is 0 Å². The number of aryl methyl sites for hydroxylation is 1. The molecule has 1 fully saturated rings. The van der Waals surface area contributed by atoms with E-state index in [9.17, 15) is 13.2 Å². The number of alkyl halides is 3. The molecule has 5 rings (SSSR count). The molecule has 0 saturated carbocycles. The Bertz CT molecular complexity index is 1330. The van der Waals surface area contributed by atoms with Crippen molar-refractivity contribution in [3.8, 4) is 22.5 Å². The van der Waals surface area contributed by atoms with Crippen LogP contribution in [0.2, 0.25) is 0 Å². The maximum atomic E-state index is 13.5. The summed E-state index contributed by atoms with van der Waals surface area (Å²) in [6.45, 7) is 1.96. The minimum Gasteiger partial charge on any atom is -0.364 e. The lowest BCUT2D eigenvalue weighted by Crippen LogP contribution is -2.40. The predicted octanol–water partition coefficient (Wildman–Crippen LogP) is 4.62. The van der Waals surface area contributed by atoms with Crippen LogP contribution in [0.4, 0.5) is 19.0 Å². The van der Waals surface area contributed by atoms with Gasteiger partial charge in [-0.2, -0.15) is 18.3 Å². The lowest BCUT2D eigenvalue weighted by atomic mass is 9.96. The molecular formula is C24H24F3N7. The van der Waals surface area contributed by atoms with Gasteiger partial charge in [0.2, 0.25) is 0 Å². The molecule has 4 heterocycles. The fraction of sp³-hybridized carbons (Fsp3) is 0.333. The minimum absolute atomic E-state index is 0.234.